The number of halogens is 2. The number of amides is 3. The van der Waals surface area contributed by atoms with Gasteiger partial charge in [-0.2, -0.15) is 10.4 Å². The van der Waals surface area contributed by atoms with Gasteiger partial charge in [-0.05, 0) is 42.5 Å². The summed E-state index contributed by atoms with van der Waals surface area (Å²) in [4.78, 5) is 29.8. The number of nitrogens with one attached hydrogen (secondary N) is 1. The van der Waals surface area contributed by atoms with Crippen molar-refractivity contribution >= 4 is 29.2 Å². The minimum Gasteiger partial charge on any atom is -0.379 e. The Morgan fingerprint density at radius 3 is 2.61 bits per heavy atom. The predicted octanol–water partition coefficient (Wildman–Crippen LogP) is 3.23. The molecule has 0 unspecified atom stereocenters. The Bertz CT molecular complexity index is 1410. The van der Waals surface area contributed by atoms with Crippen molar-refractivity contribution in [1.29, 1.82) is 5.26 Å². The highest BCUT2D eigenvalue weighted by molar-refractivity contribution is 6.31. The van der Waals surface area contributed by atoms with Gasteiger partial charge in [-0.15, -0.1) is 0 Å². The molecule has 2 aliphatic rings. The smallest absolute Gasteiger partial charge is 0.322 e. The number of carbonyl (C=O) groups excluding carboxylic acids is 2. The van der Waals surface area contributed by atoms with Gasteiger partial charge in [0.2, 0.25) is 0 Å². The highest BCUT2D eigenvalue weighted by Gasteiger charge is 2.36. The number of urea groups is 1. The molecule has 1 aromatic heterocycles. The van der Waals surface area contributed by atoms with Crippen LogP contribution in [0.25, 0.3) is 11.3 Å². The van der Waals surface area contributed by atoms with Crippen LogP contribution >= 0.6 is 11.6 Å². The molecular formula is C26H25ClFN7O3. The van der Waals surface area contributed by atoms with Crippen molar-refractivity contribution in [3.05, 3.63) is 70.1 Å². The first-order valence-electron chi connectivity index (χ1n) is 12.1. The van der Waals surface area contributed by atoms with E-state index < -0.39 is 11.7 Å². The molecule has 0 saturated carbocycles. The number of nitrogens with zero attached hydrogens (tertiary/aromatic N) is 5. The molecule has 10 nitrogen and oxygen atoms in total. The van der Waals surface area contributed by atoms with Gasteiger partial charge < -0.3 is 20.7 Å². The van der Waals surface area contributed by atoms with Gasteiger partial charge in [-0.3, -0.25) is 14.4 Å². The van der Waals surface area contributed by atoms with E-state index in [4.69, 9.17) is 32.4 Å². The molecule has 196 valence electrons. The van der Waals surface area contributed by atoms with E-state index in [9.17, 15) is 14.0 Å². The summed E-state index contributed by atoms with van der Waals surface area (Å²) in [5, 5.41) is 16.5. The fraction of sp³-hybridized carbons (Fsp3) is 0.308. The van der Waals surface area contributed by atoms with Crippen LogP contribution in [-0.2, 0) is 11.3 Å². The summed E-state index contributed by atoms with van der Waals surface area (Å²) < 4.78 is 21.1. The molecule has 3 N–H and O–H groups in total. The van der Waals surface area contributed by atoms with Crippen LogP contribution in [0.5, 0.6) is 0 Å². The number of benzene rings is 2. The highest BCUT2D eigenvalue weighted by atomic mass is 35.5. The first-order chi connectivity index (χ1) is 18.3. The first kappa shape index (κ1) is 25.7. The fourth-order valence-electron chi connectivity index (χ4n) is 4.81. The number of carbonyl (C=O) groups is 2. The molecule has 0 bridgehead atoms. The third-order valence-corrected chi connectivity index (χ3v) is 6.98. The van der Waals surface area contributed by atoms with E-state index in [0.717, 1.165) is 13.1 Å². The van der Waals surface area contributed by atoms with E-state index in [-0.39, 0.29) is 34.9 Å². The van der Waals surface area contributed by atoms with E-state index in [1.807, 2.05) is 6.07 Å². The van der Waals surface area contributed by atoms with Crippen LogP contribution in [0.2, 0.25) is 5.02 Å². The van der Waals surface area contributed by atoms with Crippen LogP contribution < -0.4 is 11.1 Å². The minimum atomic E-state index is -0.707. The van der Waals surface area contributed by atoms with Crippen molar-refractivity contribution in [2.45, 2.75) is 12.6 Å². The zero-order valence-corrected chi connectivity index (χ0v) is 21.1. The second-order valence-electron chi connectivity index (χ2n) is 9.17. The van der Waals surface area contributed by atoms with Crippen LogP contribution in [0.4, 0.5) is 14.9 Å². The van der Waals surface area contributed by atoms with Crippen molar-refractivity contribution in [2.24, 2.45) is 5.73 Å². The summed E-state index contributed by atoms with van der Waals surface area (Å²) in [5.41, 5.74) is 8.23. The van der Waals surface area contributed by atoms with Gasteiger partial charge in [0.15, 0.2) is 0 Å². The molecule has 3 amide bonds. The molecule has 1 atom stereocenters. The maximum Gasteiger partial charge on any atom is 0.322 e. The number of aromatic nitrogens is 2. The number of hydrogen-bond acceptors (Lipinski definition) is 6. The summed E-state index contributed by atoms with van der Waals surface area (Å²) in [6, 6.07) is 12.1. The first-order valence-corrected chi connectivity index (χ1v) is 12.4. The molecule has 3 aromatic rings. The third kappa shape index (κ3) is 5.19. The SMILES string of the molecule is N#Cc1ccc(NC(=O)N2Cc3c(C(N)=O)c(-c4ccc(F)c(Cl)c4)nn3[C@@H](CN3CCOCC3)C2)cc1. The Balaban J connectivity index is 1.51. The molecule has 38 heavy (non-hydrogen) atoms. The van der Waals surface area contributed by atoms with E-state index in [1.54, 1.807) is 33.8 Å². The maximum atomic E-state index is 13.9. The van der Waals surface area contributed by atoms with E-state index in [1.165, 1.54) is 18.2 Å². The number of hydrogen-bond donors (Lipinski definition) is 2. The molecule has 3 heterocycles. The van der Waals surface area contributed by atoms with Crippen molar-refractivity contribution < 1.29 is 18.7 Å². The van der Waals surface area contributed by atoms with Gasteiger partial charge in [0, 0.05) is 37.4 Å². The van der Waals surface area contributed by atoms with Crippen LogP contribution in [0.3, 0.4) is 0 Å². The summed E-state index contributed by atoms with van der Waals surface area (Å²) in [6.07, 6.45) is 0. The van der Waals surface area contributed by atoms with Crippen LogP contribution in [0.15, 0.2) is 42.5 Å². The number of anilines is 1. The van der Waals surface area contributed by atoms with Gasteiger partial charge in [0.25, 0.3) is 5.91 Å². The van der Waals surface area contributed by atoms with E-state index in [0.29, 0.717) is 48.8 Å². The van der Waals surface area contributed by atoms with E-state index in [2.05, 4.69) is 10.2 Å². The van der Waals surface area contributed by atoms with Gasteiger partial charge in [0.1, 0.15) is 11.5 Å². The number of ether oxygens (including phenoxy) is 1. The quantitative estimate of drug-likeness (QED) is 0.514. The molecule has 12 heteroatoms. The van der Waals surface area contributed by atoms with E-state index >= 15 is 0 Å². The normalized spacial score (nSPS) is 17.5. The number of nitriles is 1. The standard InChI is InChI=1S/C26H25ClFN7O3/c27-20-11-17(3-6-21(20)28)24-23(25(30)36)22-15-34(26(37)31-18-4-1-16(12-29)2-5-18)14-19(35(22)32-24)13-33-7-9-38-10-8-33/h1-6,11,19H,7-10,13-15H2,(H2,30,36)(H,31,37)/t19-/m0/s1. The lowest BCUT2D eigenvalue weighted by atomic mass is 10.0. The molecule has 0 radical (unpaired) electrons. The molecule has 1 fully saturated rings. The van der Waals surface area contributed by atoms with Crippen molar-refractivity contribution in [3.8, 4) is 17.3 Å². The largest absolute Gasteiger partial charge is 0.379 e. The Morgan fingerprint density at radius 1 is 1.21 bits per heavy atom. The summed E-state index contributed by atoms with van der Waals surface area (Å²) in [6.45, 7) is 3.65. The minimum absolute atomic E-state index is 0.0852. The van der Waals surface area contributed by atoms with Gasteiger partial charge in [-0.1, -0.05) is 11.6 Å². The van der Waals surface area contributed by atoms with Crippen LogP contribution in [-0.4, -0.2) is 70.9 Å². The zero-order chi connectivity index (χ0) is 26.8. The lowest BCUT2D eigenvalue weighted by molar-refractivity contribution is 0.0263. The zero-order valence-electron chi connectivity index (χ0n) is 20.4. The second kappa shape index (κ2) is 10.8. The molecule has 2 aliphatic heterocycles. The predicted molar refractivity (Wildman–Crippen MR) is 138 cm³/mol. The van der Waals surface area contributed by atoms with Crippen molar-refractivity contribution in [2.75, 3.05) is 44.7 Å². The number of nitrogens with two attached hydrogens (primary N) is 1. The van der Waals surface area contributed by atoms with Crippen LogP contribution in [0, 0.1) is 17.1 Å². The monoisotopic (exact) mass is 537 g/mol. The Kier molecular flexibility index (Phi) is 7.28. The third-order valence-electron chi connectivity index (χ3n) is 6.69. The Labute approximate surface area is 223 Å². The van der Waals surface area contributed by atoms with Gasteiger partial charge in [0.05, 0.1) is 53.7 Å². The fourth-order valence-corrected chi connectivity index (χ4v) is 4.99. The molecular weight excluding hydrogens is 513 g/mol. The second-order valence-corrected chi connectivity index (χ2v) is 9.58. The summed E-state index contributed by atoms with van der Waals surface area (Å²) in [5.74, 6) is -1.29. The molecule has 2 aromatic carbocycles. The average Bonchev–Trinajstić information content (AvgIpc) is 3.31. The highest BCUT2D eigenvalue weighted by Crippen LogP contribution is 2.33. The number of primary amides is 1. The topological polar surface area (TPSA) is 130 Å². The van der Waals surface area contributed by atoms with Gasteiger partial charge in [-0.25, -0.2) is 9.18 Å². The summed E-state index contributed by atoms with van der Waals surface area (Å²) in [7, 11) is 0. The number of rotatable bonds is 5. The molecule has 1 saturated heterocycles. The van der Waals surface area contributed by atoms with Crippen LogP contribution in [0.1, 0.15) is 27.7 Å². The lowest BCUT2D eigenvalue weighted by Crippen LogP contribution is -2.48. The van der Waals surface area contributed by atoms with Crippen molar-refractivity contribution in [3.63, 3.8) is 0 Å². The average molecular weight is 538 g/mol. The number of morpholine rings is 1. The molecule has 5 rings (SSSR count). The number of fused-ring (bicyclic) bond motifs is 1. The Hall–Kier alpha value is -3.98. The van der Waals surface area contributed by atoms with Gasteiger partial charge >= 0.3 is 6.03 Å². The summed E-state index contributed by atoms with van der Waals surface area (Å²) >= 11 is 6.02. The molecule has 0 spiro atoms. The Morgan fingerprint density at radius 2 is 1.95 bits per heavy atom. The van der Waals surface area contributed by atoms with Crippen molar-refractivity contribution in [1.82, 2.24) is 19.6 Å². The maximum absolute atomic E-state index is 13.9. The molecule has 0 aliphatic carbocycles. The lowest BCUT2D eigenvalue weighted by Gasteiger charge is -2.37.